The number of rotatable bonds is 2. The van der Waals surface area contributed by atoms with Crippen molar-refractivity contribution in [1.82, 2.24) is 10.2 Å². The molecule has 122 valence electrons. The third-order valence-corrected chi connectivity index (χ3v) is 5.19. The number of hydrogen-bond donors (Lipinski definition) is 1. The minimum atomic E-state index is 0. The van der Waals surface area contributed by atoms with Gasteiger partial charge >= 0.3 is 0 Å². The van der Waals surface area contributed by atoms with Crippen molar-refractivity contribution in [1.29, 1.82) is 0 Å². The standard InChI is InChI=1S/C17H24N2O2.ClH/c1-2-15-16(21-10-9-20-15)11-14(1)12-19-8-5-17(13-19)3-6-18-7-4-17;/h1-2,11,18H,3-10,12-13H2;1H. The van der Waals surface area contributed by atoms with Gasteiger partial charge < -0.3 is 14.8 Å². The van der Waals surface area contributed by atoms with Gasteiger partial charge in [0.15, 0.2) is 11.5 Å². The summed E-state index contributed by atoms with van der Waals surface area (Å²) in [6, 6.07) is 6.39. The molecule has 1 aromatic rings. The lowest BCUT2D eigenvalue weighted by Gasteiger charge is -2.34. The van der Waals surface area contributed by atoms with Gasteiger partial charge in [-0.3, -0.25) is 4.90 Å². The Balaban J connectivity index is 0.00000144. The summed E-state index contributed by atoms with van der Waals surface area (Å²) in [7, 11) is 0. The summed E-state index contributed by atoms with van der Waals surface area (Å²) < 4.78 is 11.3. The van der Waals surface area contributed by atoms with Crippen molar-refractivity contribution < 1.29 is 9.47 Å². The predicted molar refractivity (Wildman–Crippen MR) is 89.1 cm³/mol. The number of ether oxygens (including phenoxy) is 2. The molecular weight excluding hydrogens is 300 g/mol. The Labute approximate surface area is 138 Å². The molecule has 0 radical (unpaired) electrons. The van der Waals surface area contributed by atoms with Crippen molar-refractivity contribution in [3.05, 3.63) is 23.8 Å². The van der Waals surface area contributed by atoms with E-state index in [1.54, 1.807) is 0 Å². The van der Waals surface area contributed by atoms with E-state index in [9.17, 15) is 0 Å². The normalized spacial score (nSPS) is 23.3. The van der Waals surface area contributed by atoms with Crippen LogP contribution in [0.15, 0.2) is 18.2 Å². The van der Waals surface area contributed by atoms with E-state index < -0.39 is 0 Å². The average molecular weight is 325 g/mol. The van der Waals surface area contributed by atoms with Crippen LogP contribution < -0.4 is 14.8 Å². The molecule has 3 aliphatic heterocycles. The Kier molecular flexibility index (Phi) is 4.81. The Bertz CT molecular complexity index is 517. The zero-order chi connectivity index (χ0) is 14.1. The first-order valence-electron chi connectivity index (χ1n) is 8.15. The second-order valence-electron chi connectivity index (χ2n) is 6.69. The fraction of sp³-hybridized carbons (Fsp3) is 0.647. The highest BCUT2D eigenvalue weighted by Crippen LogP contribution is 2.39. The summed E-state index contributed by atoms with van der Waals surface area (Å²) in [6.45, 7) is 7.23. The summed E-state index contributed by atoms with van der Waals surface area (Å²) in [5, 5.41) is 3.49. The zero-order valence-corrected chi connectivity index (χ0v) is 13.8. The summed E-state index contributed by atoms with van der Waals surface area (Å²) in [6.07, 6.45) is 4.04. The molecule has 0 unspecified atom stereocenters. The molecule has 2 saturated heterocycles. The van der Waals surface area contributed by atoms with Crippen LogP contribution in [-0.4, -0.2) is 44.3 Å². The number of nitrogens with zero attached hydrogens (tertiary/aromatic N) is 1. The predicted octanol–water partition coefficient (Wildman–Crippen LogP) is 2.46. The highest BCUT2D eigenvalue weighted by atomic mass is 35.5. The fourth-order valence-electron chi connectivity index (χ4n) is 3.97. The summed E-state index contributed by atoms with van der Waals surface area (Å²) in [5.41, 5.74) is 1.92. The molecule has 2 fully saturated rings. The SMILES string of the molecule is Cl.c1cc2c(cc1CN1CCC3(CCNCC3)C1)OCCO2. The molecule has 1 aromatic carbocycles. The van der Waals surface area contributed by atoms with E-state index in [1.165, 1.54) is 51.0 Å². The van der Waals surface area contributed by atoms with Crippen LogP contribution in [0.25, 0.3) is 0 Å². The minimum Gasteiger partial charge on any atom is -0.486 e. The van der Waals surface area contributed by atoms with Crippen LogP contribution in [0.1, 0.15) is 24.8 Å². The van der Waals surface area contributed by atoms with Crippen LogP contribution in [0.2, 0.25) is 0 Å². The van der Waals surface area contributed by atoms with Crippen molar-refractivity contribution in [2.24, 2.45) is 5.41 Å². The summed E-state index contributed by atoms with van der Waals surface area (Å²) >= 11 is 0. The second-order valence-corrected chi connectivity index (χ2v) is 6.69. The van der Waals surface area contributed by atoms with Crippen LogP contribution in [-0.2, 0) is 6.54 Å². The molecule has 0 atom stereocenters. The van der Waals surface area contributed by atoms with Gasteiger partial charge in [-0.15, -0.1) is 12.4 Å². The highest BCUT2D eigenvalue weighted by molar-refractivity contribution is 5.85. The molecule has 0 aliphatic carbocycles. The average Bonchev–Trinajstić information content (AvgIpc) is 2.90. The number of nitrogens with one attached hydrogen (secondary N) is 1. The van der Waals surface area contributed by atoms with E-state index in [4.69, 9.17) is 9.47 Å². The van der Waals surface area contributed by atoms with Gasteiger partial charge in [-0.1, -0.05) is 6.07 Å². The number of halogens is 1. The van der Waals surface area contributed by atoms with Crippen LogP contribution in [0, 0.1) is 5.41 Å². The number of likely N-dealkylation sites (tertiary alicyclic amines) is 1. The summed E-state index contributed by atoms with van der Waals surface area (Å²) in [4.78, 5) is 2.61. The molecule has 3 aliphatic rings. The Morgan fingerprint density at radius 3 is 2.64 bits per heavy atom. The van der Waals surface area contributed by atoms with Crippen molar-refractivity contribution in [2.75, 3.05) is 39.4 Å². The monoisotopic (exact) mass is 324 g/mol. The van der Waals surface area contributed by atoms with Crippen molar-refractivity contribution in [2.45, 2.75) is 25.8 Å². The molecule has 4 rings (SSSR count). The number of piperidine rings is 1. The molecule has 0 bridgehead atoms. The van der Waals surface area contributed by atoms with Gasteiger partial charge in [0, 0.05) is 13.1 Å². The van der Waals surface area contributed by atoms with E-state index in [2.05, 4.69) is 28.4 Å². The summed E-state index contributed by atoms with van der Waals surface area (Å²) in [5.74, 6) is 1.80. The Morgan fingerprint density at radius 1 is 1.05 bits per heavy atom. The van der Waals surface area contributed by atoms with Gasteiger partial charge in [-0.2, -0.15) is 0 Å². The third-order valence-electron chi connectivity index (χ3n) is 5.19. The van der Waals surface area contributed by atoms with E-state index >= 15 is 0 Å². The molecule has 0 aromatic heterocycles. The van der Waals surface area contributed by atoms with Gasteiger partial charge in [0.05, 0.1) is 0 Å². The van der Waals surface area contributed by atoms with Crippen LogP contribution in [0.4, 0.5) is 0 Å². The third kappa shape index (κ3) is 3.19. The van der Waals surface area contributed by atoms with Gasteiger partial charge in [-0.05, 0) is 62.0 Å². The number of hydrogen-bond acceptors (Lipinski definition) is 4. The van der Waals surface area contributed by atoms with Gasteiger partial charge in [0.2, 0.25) is 0 Å². The van der Waals surface area contributed by atoms with Crippen molar-refractivity contribution >= 4 is 12.4 Å². The minimum absolute atomic E-state index is 0. The Hall–Kier alpha value is -0.970. The fourth-order valence-corrected chi connectivity index (χ4v) is 3.97. The molecule has 22 heavy (non-hydrogen) atoms. The van der Waals surface area contributed by atoms with Crippen molar-refractivity contribution in [3.63, 3.8) is 0 Å². The lowest BCUT2D eigenvalue weighted by Crippen LogP contribution is -2.38. The number of benzene rings is 1. The van der Waals surface area contributed by atoms with Crippen LogP contribution >= 0.6 is 12.4 Å². The Morgan fingerprint density at radius 2 is 1.82 bits per heavy atom. The molecule has 5 heteroatoms. The molecular formula is C17H25ClN2O2. The van der Waals surface area contributed by atoms with Crippen molar-refractivity contribution in [3.8, 4) is 11.5 Å². The topological polar surface area (TPSA) is 33.7 Å². The number of fused-ring (bicyclic) bond motifs is 1. The molecule has 3 heterocycles. The molecule has 1 spiro atoms. The lowest BCUT2D eigenvalue weighted by molar-refractivity contribution is 0.170. The van der Waals surface area contributed by atoms with Gasteiger partial charge in [0.25, 0.3) is 0 Å². The first-order valence-corrected chi connectivity index (χ1v) is 8.15. The van der Waals surface area contributed by atoms with Gasteiger partial charge in [-0.25, -0.2) is 0 Å². The maximum atomic E-state index is 5.69. The maximum absolute atomic E-state index is 5.69. The molecule has 4 nitrogen and oxygen atoms in total. The second kappa shape index (κ2) is 6.65. The zero-order valence-electron chi connectivity index (χ0n) is 13.0. The quantitative estimate of drug-likeness (QED) is 0.906. The van der Waals surface area contributed by atoms with Crippen LogP contribution in [0.3, 0.4) is 0 Å². The first kappa shape index (κ1) is 15.9. The molecule has 0 amide bonds. The van der Waals surface area contributed by atoms with Gasteiger partial charge in [0.1, 0.15) is 13.2 Å². The molecule has 1 N–H and O–H groups in total. The van der Waals surface area contributed by atoms with E-state index in [0.29, 0.717) is 18.6 Å². The van der Waals surface area contributed by atoms with E-state index in [1.807, 2.05) is 0 Å². The van der Waals surface area contributed by atoms with E-state index in [0.717, 1.165) is 18.0 Å². The lowest BCUT2D eigenvalue weighted by atomic mass is 9.78. The van der Waals surface area contributed by atoms with E-state index in [-0.39, 0.29) is 12.4 Å². The smallest absolute Gasteiger partial charge is 0.161 e. The molecule has 0 saturated carbocycles. The maximum Gasteiger partial charge on any atom is 0.161 e. The highest BCUT2D eigenvalue weighted by Gasteiger charge is 2.38. The first-order chi connectivity index (χ1) is 10.3. The largest absolute Gasteiger partial charge is 0.486 e. The van der Waals surface area contributed by atoms with Crippen LogP contribution in [0.5, 0.6) is 11.5 Å².